The van der Waals surface area contributed by atoms with Crippen LogP contribution in [0.1, 0.15) is 32.1 Å². The molecule has 1 N–H and O–H groups in total. The number of halogens is 2. The molecule has 6 nitrogen and oxygen atoms in total. The van der Waals surface area contributed by atoms with Crippen molar-refractivity contribution in [2.75, 3.05) is 19.0 Å². The Balaban J connectivity index is 1.67. The van der Waals surface area contributed by atoms with E-state index < -0.39 is 0 Å². The molecule has 1 aromatic heterocycles. The van der Waals surface area contributed by atoms with Crippen LogP contribution >= 0.6 is 23.2 Å². The third kappa shape index (κ3) is 5.09. The van der Waals surface area contributed by atoms with Crippen LogP contribution < -0.4 is 14.8 Å². The highest BCUT2D eigenvalue weighted by molar-refractivity contribution is 6.32. The average molecular weight is 383 g/mol. The van der Waals surface area contributed by atoms with Crippen LogP contribution in [-0.4, -0.2) is 28.7 Å². The van der Waals surface area contributed by atoms with Gasteiger partial charge in [-0.15, -0.1) is 0 Å². The lowest BCUT2D eigenvalue weighted by Crippen LogP contribution is -2.16. The highest BCUT2D eigenvalue weighted by atomic mass is 35.5. The van der Waals surface area contributed by atoms with E-state index in [1.54, 1.807) is 19.2 Å². The van der Waals surface area contributed by atoms with Gasteiger partial charge in [-0.05, 0) is 48.6 Å². The van der Waals surface area contributed by atoms with Crippen molar-refractivity contribution in [2.45, 2.75) is 32.1 Å². The molecule has 0 unspecified atom stereocenters. The molecule has 134 valence electrons. The summed E-state index contributed by atoms with van der Waals surface area (Å²) in [5.74, 6) is 1.46. The minimum atomic E-state index is 0.0794. The summed E-state index contributed by atoms with van der Waals surface area (Å²) in [6.45, 7) is 0.605. The predicted molar refractivity (Wildman–Crippen MR) is 98.2 cm³/mol. The summed E-state index contributed by atoms with van der Waals surface area (Å²) in [4.78, 5) is 12.4. The summed E-state index contributed by atoms with van der Waals surface area (Å²) in [7, 11) is 1.57. The van der Waals surface area contributed by atoms with Gasteiger partial charge in [0.15, 0.2) is 0 Å². The molecule has 8 heteroatoms. The summed E-state index contributed by atoms with van der Waals surface area (Å²) in [6, 6.07) is 5.52. The van der Waals surface area contributed by atoms with Crippen molar-refractivity contribution >= 4 is 34.8 Å². The van der Waals surface area contributed by atoms with Crippen LogP contribution in [0.4, 0.5) is 11.6 Å². The maximum absolute atomic E-state index is 6.13. The molecule has 0 aliphatic heterocycles. The molecule has 0 radical (unpaired) electrons. The first kappa shape index (κ1) is 18.0. The van der Waals surface area contributed by atoms with Crippen LogP contribution in [0.3, 0.4) is 0 Å². The number of methoxy groups -OCH3 is 1. The fraction of sp³-hybridized carbons (Fsp3) is 0.471. The van der Waals surface area contributed by atoms with E-state index in [1.807, 2.05) is 6.07 Å². The zero-order valence-electron chi connectivity index (χ0n) is 14.0. The number of benzene rings is 1. The number of nitrogens with zero attached hydrogens (tertiary/aromatic N) is 3. The van der Waals surface area contributed by atoms with E-state index in [1.165, 1.54) is 32.1 Å². The first-order valence-electron chi connectivity index (χ1n) is 8.29. The van der Waals surface area contributed by atoms with Crippen molar-refractivity contribution in [3.63, 3.8) is 0 Å². The fourth-order valence-electron chi connectivity index (χ4n) is 2.87. The standard InChI is InChI=1S/C17H20Cl2N4O2/c1-24-14-8-7-12(9-13(14)18)20-16-21-15(19)22-17(23-16)25-10-11-5-3-2-4-6-11/h7-9,11H,2-6,10H2,1H3,(H,20,21,22,23). The molecule has 1 aliphatic rings. The first-order valence-corrected chi connectivity index (χ1v) is 9.04. The van der Waals surface area contributed by atoms with Crippen LogP contribution in [0.5, 0.6) is 11.8 Å². The molecule has 0 saturated heterocycles. The van der Waals surface area contributed by atoms with Crippen LogP contribution in [0, 0.1) is 5.92 Å². The smallest absolute Gasteiger partial charge is 0.322 e. The molecular formula is C17H20Cl2N4O2. The van der Waals surface area contributed by atoms with E-state index in [9.17, 15) is 0 Å². The van der Waals surface area contributed by atoms with Crippen molar-refractivity contribution in [1.82, 2.24) is 15.0 Å². The maximum atomic E-state index is 6.13. The van der Waals surface area contributed by atoms with Crippen molar-refractivity contribution in [3.05, 3.63) is 28.5 Å². The quantitative estimate of drug-likeness (QED) is 0.766. The lowest BCUT2D eigenvalue weighted by atomic mass is 9.90. The summed E-state index contributed by atoms with van der Waals surface area (Å²) in [5.41, 5.74) is 0.714. The van der Waals surface area contributed by atoms with E-state index in [0.29, 0.717) is 34.9 Å². The van der Waals surface area contributed by atoms with Gasteiger partial charge in [0.05, 0.1) is 18.7 Å². The molecule has 0 atom stereocenters. The van der Waals surface area contributed by atoms with Gasteiger partial charge in [-0.2, -0.15) is 15.0 Å². The maximum Gasteiger partial charge on any atom is 0.322 e. The summed E-state index contributed by atoms with van der Waals surface area (Å²) in [5, 5.41) is 3.62. The van der Waals surface area contributed by atoms with Gasteiger partial charge in [-0.1, -0.05) is 30.9 Å². The van der Waals surface area contributed by atoms with Gasteiger partial charge < -0.3 is 14.8 Å². The van der Waals surface area contributed by atoms with Gasteiger partial charge in [0.1, 0.15) is 5.75 Å². The molecule has 1 aromatic carbocycles. The van der Waals surface area contributed by atoms with Crippen molar-refractivity contribution in [1.29, 1.82) is 0 Å². The van der Waals surface area contributed by atoms with Gasteiger partial charge in [0.2, 0.25) is 11.2 Å². The zero-order valence-corrected chi connectivity index (χ0v) is 15.5. The average Bonchev–Trinajstić information content (AvgIpc) is 2.61. The zero-order chi connectivity index (χ0) is 17.6. The molecule has 1 aliphatic carbocycles. The van der Waals surface area contributed by atoms with Gasteiger partial charge >= 0.3 is 6.01 Å². The van der Waals surface area contributed by atoms with Gasteiger partial charge in [0.25, 0.3) is 0 Å². The minimum absolute atomic E-state index is 0.0794. The van der Waals surface area contributed by atoms with Gasteiger partial charge in [-0.25, -0.2) is 0 Å². The number of anilines is 2. The lowest BCUT2D eigenvalue weighted by Gasteiger charge is -2.21. The summed E-state index contributed by atoms with van der Waals surface area (Å²) in [6.07, 6.45) is 6.21. The molecule has 3 rings (SSSR count). The molecule has 0 bridgehead atoms. The Morgan fingerprint density at radius 1 is 1.12 bits per heavy atom. The number of hydrogen-bond acceptors (Lipinski definition) is 6. The Labute approximate surface area is 156 Å². The largest absolute Gasteiger partial charge is 0.495 e. The second-order valence-corrected chi connectivity index (χ2v) is 6.75. The van der Waals surface area contributed by atoms with Crippen LogP contribution in [0.25, 0.3) is 0 Å². The number of hydrogen-bond donors (Lipinski definition) is 1. The van der Waals surface area contributed by atoms with Crippen LogP contribution in [0.2, 0.25) is 10.3 Å². The number of nitrogens with one attached hydrogen (secondary N) is 1. The van der Waals surface area contributed by atoms with E-state index in [-0.39, 0.29) is 11.3 Å². The Bertz CT molecular complexity index is 724. The molecule has 2 aromatic rings. The van der Waals surface area contributed by atoms with E-state index in [2.05, 4.69) is 20.3 Å². The van der Waals surface area contributed by atoms with Crippen LogP contribution in [-0.2, 0) is 0 Å². The molecule has 1 heterocycles. The summed E-state index contributed by atoms with van der Waals surface area (Å²) < 4.78 is 10.9. The van der Waals surface area contributed by atoms with Crippen molar-refractivity contribution in [2.24, 2.45) is 5.92 Å². The Morgan fingerprint density at radius 2 is 1.92 bits per heavy atom. The molecular weight excluding hydrogens is 363 g/mol. The molecule has 1 fully saturated rings. The molecule has 0 spiro atoms. The van der Waals surface area contributed by atoms with Gasteiger partial charge in [0, 0.05) is 5.69 Å². The first-order chi connectivity index (χ1) is 12.1. The summed E-state index contributed by atoms with van der Waals surface area (Å²) >= 11 is 12.1. The SMILES string of the molecule is COc1ccc(Nc2nc(Cl)nc(OCC3CCCCC3)n2)cc1Cl. The number of aromatic nitrogens is 3. The molecule has 25 heavy (non-hydrogen) atoms. The Kier molecular flexibility index (Phi) is 6.15. The van der Waals surface area contributed by atoms with E-state index >= 15 is 0 Å². The highest BCUT2D eigenvalue weighted by Gasteiger charge is 2.15. The second-order valence-electron chi connectivity index (χ2n) is 6.00. The number of rotatable bonds is 6. The molecule has 0 amide bonds. The highest BCUT2D eigenvalue weighted by Crippen LogP contribution is 2.29. The van der Waals surface area contributed by atoms with E-state index in [4.69, 9.17) is 32.7 Å². The Morgan fingerprint density at radius 3 is 2.64 bits per heavy atom. The second kappa shape index (κ2) is 8.54. The molecule has 1 saturated carbocycles. The van der Waals surface area contributed by atoms with Crippen molar-refractivity contribution < 1.29 is 9.47 Å². The van der Waals surface area contributed by atoms with Gasteiger partial charge in [-0.3, -0.25) is 0 Å². The predicted octanol–water partition coefficient (Wildman–Crippen LogP) is 4.89. The Hall–Kier alpha value is -1.79. The monoisotopic (exact) mass is 382 g/mol. The fourth-order valence-corrected chi connectivity index (χ4v) is 3.28. The number of ether oxygens (including phenoxy) is 2. The topological polar surface area (TPSA) is 69.2 Å². The van der Waals surface area contributed by atoms with E-state index in [0.717, 1.165) is 0 Å². The third-order valence-electron chi connectivity index (χ3n) is 4.17. The normalized spacial score (nSPS) is 15.0. The minimum Gasteiger partial charge on any atom is -0.495 e. The third-order valence-corrected chi connectivity index (χ3v) is 4.63. The van der Waals surface area contributed by atoms with Crippen LogP contribution in [0.15, 0.2) is 18.2 Å². The van der Waals surface area contributed by atoms with Crippen molar-refractivity contribution in [3.8, 4) is 11.8 Å². The lowest BCUT2D eigenvalue weighted by molar-refractivity contribution is 0.196.